The Kier molecular flexibility index (Phi) is 4.97. The van der Waals surface area contributed by atoms with Gasteiger partial charge in [-0.3, -0.25) is 0 Å². The normalized spacial score (nSPS) is 11.2. The quantitative estimate of drug-likeness (QED) is 0.267. The summed E-state index contributed by atoms with van der Waals surface area (Å²) in [4.78, 5) is 0. The summed E-state index contributed by atoms with van der Waals surface area (Å²) in [6.07, 6.45) is 0.872. The summed E-state index contributed by atoms with van der Waals surface area (Å²) in [6.45, 7) is 0. The SMILES string of the molecule is c1ccc(-c2ccc3ccccc3c2Cc2c(-c3ccccc3)ccc3ccccc23)cc1. The Labute approximate surface area is 194 Å². The Bertz CT molecular complexity index is 1440. The van der Waals surface area contributed by atoms with Gasteiger partial charge in [0.2, 0.25) is 0 Å². The van der Waals surface area contributed by atoms with Crippen molar-refractivity contribution in [1.82, 2.24) is 0 Å². The van der Waals surface area contributed by atoms with Crippen LogP contribution in [0.5, 0.6) is 0 Å². The first-order valence-corrected chi connectivity index (χ1v) is 11.5. The summed E-state index contributed by atoms with van der Waals surface area (Å²) in [5.74, 6) is 0. The van der Waals surface area contributed by atoms with Gasteiger partial charge in [-0.2, -0.15) is 0 Å². The van der Waals surface area contributed by atoms with E-state index >= 15 is 0 Å². The summed E-state index contributed by atoms with van der Waals surface area (Å²) in [7, 11) is 0. The molecule has 6 aromatic carbocycles. The van der Waals surface area contributed by atoms with Crippen LogP contribution < -0.4 is 0 Å². The van der Waals surface area contributed by atoms with Gasteiger partial charge in [0.05, 0.1) is 0 Å². The maximum atomic E-state index is 2.29. The van der Waals surface area contributed by atoms with Gasteiger partial charge in [0.15, 0.2) is 0 Å². The van der Waals surface area contributed by atoms with Gasteiger partial charge in [0, 0.05) is 0 Å². The summed E-state index contributed by atoms with van der Waals surface area (Å²) in [5.41, 5.74) is 7.91. The Morgan fingerprint density at radius 1 is 0.333 bits per heavy atom. The van der Waals surface area contributed by atoms with Crippen LogP contribution in [0.15, 0.2) is 133 Å². The largest absolute Gasteiger partial charge is 0.0622 e. The Morgan fingerprint density at radius 2 is 0.727 bits per heavy atom. The minimum Gasteiger partial charge on any atom is -0.0622 e. The zero-order valence-corrected chi connectivity index (χ0v) is 18.4. The first kappa shape index (κ1) is 19.5. The van der Waals surface area contributed by atoms with Crippen molar-refractivity contribution in [2.45, 2.75) is 6.42 Å². The number of rotatable bonds is 4. The molecule has 0 radical (unpaired) electrons. The van der Waals surface area contributed by atoms with Gasteiger partial charge in [-0.15, -0.1) is 0 Å². The van der Waals surface area contributed by atoms with E-state index in [0.29, 0.717) is 0 Å². The number of benzene rings is 6. The van der Waals surface area contributed by atoms with Gasteiger partial charge in [-0.25, -0.2) is 0 Å². The fourth-order valence-electron chi connectivity index (χ4n) is 5.01. The zero-order chi connectivity index (χ0) is 22.0. The molecule has 0 aliphatic heterocycles. The van der Waals surface area contributed by atoms with E-state index in [2.05, 4.69) is 133 Å². The predicted octanol–water partition coefficient (Wildman–Crippen LogP) is 8.92. The van der Waals surface area contributed by atoms with Crippen molar-refractivity contribution >= 4 is 21.5 Å². The molecule has 0 saturated heterocycles. The molecule has 0 heteroatoms. The molecule has 0 aliphatic carbocycles. The lowest BCUT2D eigenvalue weighted by molar-refractivity contribution is 1.24. The van der Waals surface area contributed by atoms with Gasteiger partial charge in [-0.1, -0.05) is 133 Å². The molecule has 0 nitrogen and oxygen atoms in total. The second-order valence-electron chi connectivity index (χ2n) is 8.53. The average molecular weight is 421 g/mol. The fraction of sp³-hybridized carbons (Fsp3) is 0.0303. The van der Waals surface area contributed by atoms with E-state index in [9.17, 15) is 0 Å². The second-order valence-corrected chi connectivity index (χ2v) is 8.53. The van der Waals surface area contributed by atoms with Crippen LogP contribution in [0, 0.1) is 0 Å². The molecule has 0 unspecified atom stereocenters. The molecule has 33 heavy (non-hydrogen) atoms. The molecule has 0 aromatic heterocycles. The molecule has 0 N–H and O–H groups in total. The van der Waals surface area contributed by atoms with Crippen LogP contribution >= 0.6 is 0 Å². The van der Waals surface area contributed by atoms with Crippen LogP contribution in [0.2, 0.25) is 0 Å². The van der Waals surface area contributed by atoms with Crippen molar-refractivity contribution in [2.24, 2.45) is 0 Å². The number of hydrogen-bond acceptors (Lipinski definition) is 0. The average Bonchev–Trinajstić information content (AvgIpc) is 2.90. The monoisotopic (exact) mass is 420 g/mol. The lowest BCUT2D eigenvalue weighted by atomic mass is 9.85. The van der Waals surface area contributed by atoms with E-state index in [-0.39, 0.29) is 0 Å². The molecule has 0 amide bonds. The number of hydrogen-bond donors (Lipinski definition) is 0. The lowest BCUT2D eigenvalue weighted by Crippen LogP contribution is -1.98. The zero-order valence-electron chi connectivity index (χ0n) is 18.4. The predicted molar refractivity (Wildman–Crippen MR) is 142 cm³/mol. The highest BCUT2D eigenvalue weighted by molar-refractivity contribution is 5.96. The van der Waals surface area contributed by atoms with Crippen molar-refractivity contribution < 1.29 is 0 Å². The first-order chi connectivity index (χ1) is 16.4. The second kappa shape index (κ2) is 8.41. The molecule has 0 atom stereocenters. The van der Waals surface area contributed by atoms with Gasteiger partial charge >= 0.3 is 0 Å². The minimum absolute atomic E-state index is 0.872. The molecule has 156 valence electrons. The van der Waals surface area contributed by atoms with E-state index in [1.54, 1.807) is 0 Å². The van der Waals surface area contributed by atoms with Gasteiger partial charge in [0.25, 0.3) is 0 Å². The third-order valence-corrected chi connectivity index (χ3v) is 6.60. The van der Waals surface area contributed by atoms with Crippen molar-refractivity contribution in [3.8, 4) is 22.3 Å². The van der Waals surface area contributed by atoms with E-state index in [1.165, 1.54) is 54.9 Å². The summed E-state index contributed by atoms with van der Waals surface area (Å²) < 4.78 is 0. The van der Waals surface area contributed by atoms with E-state index < -0.39 is 0 Å². The molecule has 0 fully saturated rings. The molecule has 0 spiro atoms. The third-order valence-electron chi connectivity index (χ3n) is 6.60. The molecule has 0 aliphatic rings. The minimum atomic E-state index is 0.872. The van der Waals surface area contributed by atoms with E-state index in [4.69, 9.17) is 0 Å². The third kappa shape index (κ3) is 3.60. The summed E-state index contributed by atoms with van der Waals surface area (Å²) >= 11 is 0. The highest BCUT2D eigenvalue weighted by Crippen LogP contribution is 2.37. The smallest absolute Gasteiger partial charge is 0.000112 e. The van der Waals surface area contributed by atoms with Gasteiger partial charge in [0.1, 0.15) is 0 Å². The highest BCUT2D eigenvalue weighted by Gasteiger charge is 2.15. The lowest BCUT2D eigenvalue weighted by Gasteiger charge is -2.18. The maximum absolute atomic E-state index is 2.29. The fourth-order valence-corrected chi connectivity index (χ4v) is 5.01. The first-order valence-electron chi connectivity index (χ1n) is 11.5. The van der Waals surface area contributed by atoms with Crippen LogP contribution in [0.1, 0.15) is 11.1 Å². The van der Waals surface area contributed by atoms with Crippen LogP contribution in [0.3, 0.4) is 0 Å². The Morgan fingerprint density at radius 3 is 1.18 bits per heavy atom. The van der Waals surface area contributed by atoms with Crippen LogP contribution in [-0.4, -0.2) is 0 Å². The molecular formula is C33H24. The van der Waals surface area contributed by atoms with E-state index in [0.717, 1.165) is 6.42 Å². The standard InChI is InChI=1S/C33H24/c1-3-11-24(12-4-1)30-21-19-26-15-7-9-17-28(26)32(30)23-33-29-18-10-8-16-27(29)20-22-31(33)25-13-5-2-6-14-25/h1-22H,23H2. The summed E-state index contributed by atoms with van der Waals surface area (Å²) in [6, 6.07) is 48.2. The van der Waals surface area contributed by atoms with Crippen LogP contribution in [0.4, 0.5) is 0 Å². The van der Waals surface area contributed by atoms with Gasteiger partial charge < -0.3 is 0 Å². The van der Waals surface area contributed by atoms with Crippen molar-refractivity contribution in [2.75, 3.05) is 0 Å². The highest BCUT2D eigenvalue weighted by atomic mass is 14.2. The Balaban J connectivity index is 1.65. The van der Waals surface area contributed by atoms with Gasteiger partial charge in [-0.05, 0) is 61.3 Å². The topological polar surface area (TPSA) is 0 Å². The van der Waals surface area contributed by atoms with E-state index in [1.807, 2.05) is 0 Å². The maximum Gasteiger partial charge on any atom is -0.000112 e. The molecule has 0 saturated carbocycles. The van der Waals surface area contributed by atoms with Crippen molar-refractivity contribution in [3.05, 3.63) is 145 Å². The summed E-state index contributed by atoms with van der Waals surface area (Å²) in [5, 5.41) is 5.22. The Hall–Kier alpha value is -4.16. The molecule has 6 aromatic rings. The van der Waals surface area contributed by atoms with Crippen LogP contribution in [-0.2, 0) is 6.42 Å². The number of fused-ring (bicyclic) bond motifs is 2. The molecule has 0 bridgehead atoms. The molecule has 6 rings (SSSR count). The van der Waals surface area contributed by atoms with Crippen molar-refractivity contribution in [3.63, 3.8) is 0 Å². The van der Waals surface area contributed by atoms with Crippen LogP contribution in [0.25, 0.3) is 43.8 Å². The molecule has 0 heterocycles. The molecular weight excluding hydrogens is 396 g/mol. The van der Waals surface area contributed by atoms with Crippen molar-refractivity contribution in [1.29, 1.82) is 0 Å².